The lowest BCUT2D eigenvalue weighted by atomic mass is 9.99. The first-order chi connectivity index (χ1) is 17.8. The second-order valence-electron chi connectivity index (χ2n) is 8.18. The number of aromatic nitrogens is 2. The van der Waals surface area contributed by atoms with Crippen molar-refractivity contribution < 1.29 is 13.0 Å². The van der Waals surface area contributed by atoms with Crippen LogP contribution < -0.4 is 15.8 Å². The third-order valence-corrected chi connectivity index (χ3v) is 7.11. The zero-order valence-corrected chi connectivity index (χ0v) is 21.8. The molecule has 192 valence electrons. The maximum Gasteiger partial charge on any atom is 0.281 e. The van der Waals surface area contributed by atoms with Crippen LogP contribution in [0.4, 0.5) is 8.78 Å². The van der Waals surface area contributed by atoms with Gasteiger partial charge in [0.25, 0.3) is 6.43 Å². The minimum atomic E-state index is -2.69. The number of nitrogens with zero attached hydrogens (tertiary/aromatic N) is 2. The van der Waals surface area contributed by atoms with E-state index in [9.17, 15) is 13.0 Å². The molecule has 0 aliphatic carbocycles. The van der Waals surface area contributed by atoms with Crippen LogP contribution in [0.2, 0.25) is 5.02 Å². The number of hydrogen-bond acceptors (Lipinski definition) is 4. The number of nitrogens with one attached hydrogen (secondary N) is 2. The van der Waals surface area contributed by atoms with Gasteiger partial charge in [-0.2, -0.15) is 0 Å². The highest BCUT2D eigenvalue weighted by molar-refractivity contribution is 7.83. The molecule has 4 rings (SSSR count). The Morgan fingerprint density at radius 1 is 1.14 bits per heavy atom. The first-order valence-corrected chi connectivity index (χ1v) is 12.9. The van der Waals surface area contributed by atoms with Crippen LogP contribution in [0.1, 0.15) is 29.1 Å². The molecule has 1 unspecified atom stereocenters. The van der Waals surface area contributed by atoms with Crippen LogP contribution in [0.25, 0.3) is 22.5 Å². The number of imidazole rings is 1. The minimum absolute atomic E-state index is 0.304. The van der Waals surface area contributed by atoms with Crippen LogP contribution in [0.3, 0.4) is 0 Å². The molecule has 0 aliphatic heterocycles. The molecular formula is C27H26ClF2N5OS. The Bertz CT molecular complexity index is 1450. The van der Waals surface area contributed by atoms with E-state index in [1.165, 1.54) is 12.4 Å². The molecule has 4 N–H and O–H groups in total. The van der Waals surface area contributed by atoms with Gasteiger partial charge in [-0.15, -0.1) is 0 Å². The molecule has 0 amide bonds. The molecule has 3 aromatic carbocycles. The summed E-state index contributed by atoms with van der Waals surface area (Å²) >= 11 is 6.00. The highest BCUT2D eigenvalue weighted by Gasteiger charge is 2.18. The minimum Gasteiger partial charge on any atom is -0.403 e. The van der Waals surface area contributed by atoms with Crippen LogP contribution in [0.15, 0.2) is 84.0 Å². The Hall–Kier alpha value is -3.53. The Morgan fingerprint density at radius 3 is 2.51 bits per heavy atom. The van der Waals surface area contributed by atoms with Crippen molar-refractivity contribution in [1.29, 1.82) is 0 Å². The van der Waals surface area contributed by atoms with Gasteiger partial charge in [0.1, 0.15) is 22.5 Å². The first-order valence-electron chi connectivity index (χ1n) is 11.4. The number of hydrogen-bond donors (Lipinski definition) is 3. The summed E-state index contributed by atoms with van der Waals surface area (Å²) in [5.41, 5.74) is 10.4. The lowest BCUT2D eigenvalue weighted by Crippen LogP contribution is -2.15. The quantitative estimate of drug-likeness (QED) is 0.253. The van der Waals surface area contributed by atoms with E-state index in [4.69, 9.17) is 17.3 Å². The summed E-state index contributed by atoms with van der Waals surface area (Å²) in [6.45, 7) is 2.14. The van der Waals surface area contributed by atoms with Gasteiger partial charge in [-0.05, 0) is 67.1 Å². The van der Waals surface area contributed by atoms with Gasteiger partial charge in [-0.25, -0.2) is 22.7 Å². The lowest BCUT2D eigenvalue weighted by Gasteiger charge is -2.18. The molecule has 6 nitrogen and oxygen atoms in total. The van der Waals surface area contributed by atoms with Crippen molar-refractivity contribution in [1.82, 2.24) is 19.6 Å². The Labute approximate surface area is 221 Å². The predicted octanol–water partition coefficient (Wildman–Crippen LogP) is 5.73. The Kier molecular flexibility index (Phi) is 8.38. The van der Waals surface area contributed by atoms with E-state index in [0.29, 0.717) is 39.2 Å². The van der Waals surface area contributed by atoms with E-state index in [2.05, 4.69) is 15.0 Å². The van der Waals surface area contributed by atoms with Crippen LogP contribution in [-0.4, -0.2) is 20.8 Å². The van der Waals surface area contributed by atoms with Gasteiger partial charge in [-0.1, -0.05) is 41.9 Å². The molecule has 0 radical (unpaired) electrons. The summed E-state index contributed by atoms with van der Waals surface area (Å²) in [5.74, 6) is 0.421. The van der Waals surface area contributed by atoms with Gasteiger partial charge in [0.15, 0.2) is 0 Å². The van der Waals surface area contributed by atoms with Crippen molar-refractivity contribution in [2.24, 2.45) is 5.73 Å². The third kappa shape index (κ3) is 6.07. The number of aryl methyl sites for hydroxylation is 1. The highest BCUT2D eigenvalue weighted by Crippen LogP contribution is 2.31. The Balaban J connectivity index is 1.80. The summed E-state index contributed by atoms with van der Waals surface area (Å²) in [5, 5.41) is 3.99. The molecule has 0 fully saturated rings. The zero-order valence-electron chi connectivity index (χ0n) is 20.2. The summed E-state index contributed by atoms with van der Waals surface area (Å²) < 4.78 is 43.4. The molecule has 1 aromatic heterocycles. The van der Waals surface area contributed by atoms with Crippen LogP contribution >= 0.6 is 11.6 Å². The molecule has 10 heteroatoms. The Morgan fingerprint density at radius 2 is 1.86 bits per heavy atom. The van der Waals surface area contributed by atoms with E-state index in [0.717, 1.165) is 16.7 Å². The predicted molar refractivity (Wildman–Crippen MR) is 145 cm³/mol. The van der Waals surface area contributed by atoms with E-state index in [-0.39, 0.29) is 5.69 Å². The van der Waals surface area contributed by atoms with Crippen LogP contribution in [-0.2, 0) is 17.5 Å². The second kappa shape index (κ2) is 11.7. The molecule has 0 aliphatic rings. The van der Waals surface area contributed by atoms with Gasteiger partial charge >= 0.3 is 0 Å². The average molecular weight is 542 g/mol. The highest BCUT2D eigenvalue weighted by atomic mass is 35.5. The van der Waals surface area contributed by atoms with Gasteiger partial charge in [0.2, 0.25) is 0 Å². The van der Waals surface area contributed by atoms with Crippen molar-refractivity contribution in [3.63, 3.8) is 0 Å². The summed E-state index contributed by atoms with van der Waals surface area (Å²) in [6, 6.07) is 20.4. The smallest absolute Gasteiger partial charge is 0.281 e. The molecule has 1 heterocycles. The molecule has 4 aromatic rings. The maximum absolute atomic E-state index is 13.4. The van der Waals surface area contributed by atoms with E-state index in [1.54, 1.807) is 36.7 Å². The molecule has 0 bridgehead atoms. The molecule has 0 saturated carbocycles. The SMILES string of the molecule is CNS(=O)c1cccc(-c2ccc(-n3cc(C(F)F)nc3C)c(/C(=C/N)NCc3ccc(Cl)cc3)c2)c1. The monoisotopic (exact) mass is 541 g/mol. The standard InChI is InChI=1S/C27H26ClF2N5OS/c1-17-34-25(27(29)30)16-35(17)26-11-8-20(19-4-3-5-22(12-19)37(36)32-2)13-23(26)24(14-31)33-15-18-6-9-21(28)10-7-18/h3-14,16,27,32-33H,15,31H2,1-2H3/b24-14-. The number of nitrogens with two attached hydrogens (primary N) is 1. The summed E-state index contributed by atoms with van der Waals surface area (Å²) in [7, 11) is 0.285. The maximum atomic E-state index is 13.4. The van der Waals surface area contributed by atoms with Gasteiger partial charge in [0.05, 0.1) is 16.3 Å². The van der Waals surface area contributed by atoms with E-state index < -0.39 is 17.4 Å². The molecule has 1 atom stereocenters. The number of benzene rings is 3. The van der Waals surface area contributed by atoms with Gasteiger partial charge < -0.3 is 15.6 Å². The van der Waals surface area contributed by atoms with Crippen LogP contribution in [0, 0.1) is 6.92 Å². The number of halogens is 3. The molecule has 37 heavy (non-hydrogen) atoms. The van der Waals surface area contributed by atoms with E-state index >= 15 is 0 Å². The second-order valence-corrected chi connectivity index (χ2v) is 10.0. The first kappa shape index (κ1) is 26.5. The molecular weight excluding hydrogens is 516 g/mol. The van der Waals surface area contributed by atoms with Crippen LogP contribution in [0.5, 0.6) is 0 Å². The largest absolute Gasteiger partial charge is 0.403 e. The number of alkyl halides is 2. The summed E-state index contributed by atoms with van der Waals surface area (Å²) in [6.07, 6.45) is 0.0967. The third-order valence-electron chi connectivity index (χ3n) is 5.80. The average Bonchev–Trinajstić information content (AvgIpc) is 3.31. The fraction of sp³-hybridized carbons (Fsp3) is 0.148. The molecule has 0 saturated heterocycles. The number of rotatable bonds is 9. The van der Waals surface area contributed by atoms with Crippen molar-refractivity contribution in [3.05, 3.63) is 107 Å². The van der Waals surface area contributed by atoms with Crippen molar-refractivity contribution >= 4 is 28.3 Å². The fourth-order valence-corrected chi connectivity index (χ4v) is 4.74. The van der Waals surface area contributed by atoms with Gasteiger partial charge in [0, 0.05) is 29.5 Å². The van der Waals surface area contributed by atoms with Crippen molar-refractivity contribution in [2.45, 2.75) is 24.8 Å². The zero-order chi connectivity index (χ0) is 26.5. The van der Waals surface area contributed by atoms with E-state index in [1.807, 2.05) is 48.5 Å². The molecule has 0 spiro atoms. The fourth-order valence-electron chi connectivity index (χ4n) is 3.94. The summed E-state index contributed by atoms with van der Waals surface area (Å²) in [4.78, 5) is 4.66. The van der Waals surface area contributed by atoms with Crippen molar-refractivity contribution in [2.75, 3.05) is 7.05 Å². The van der Waals surface area contributed by atoms with Gasteiger partial charge in [-0.3, -0.25) is 0 Å². The van der Waals surface area contributed by atoms with Crippen molar-refractivity contribution in [3.8, 4) is 16.8 Å². The topological polar surface area (TPSA) is 85.0 Å². The normalized spacial score (nSPS) is 12.6. The lowest BCUT2D eigenvalue weighted by molar-refractivity contribution is 0.146.